The van der Waals surface area contributed by atoms with Crippen LogP contribution in [-0.2, 0) is 4.74 Å². The Kier molecular flexibility index (Phi) is 9.31. The molecular weight excluding hydrogens is 645 g/mol. The Hall–Kier alpha value is -6.84. The number of nitrogens with one attached hydrogen (secondary N) is 2. The number of rotatable bonds is 8. The van der Waals surface area contributed by atoms with Crippen LogP contribution in [-0.4, -0.2) is 32.9 Å². The summed E-state index contributed by atoms with van der Waals surface area (Å²) >= 11 is 0. The van der Waals surface area contributed by atoms with Gasteiger partial charge in [0.25, 0.3) is 0 Å². The number of ether oxygens (including phenoxy) is 1. The molecule has 2 aromatic heterocycles. The number of nitrogens with zero attached hydrogens (tertiary/aromatic N) is 6. The molecule has 9 rings (SSSR count). The van der Waals surface area contributed by atoms with Gasteiger partial charge in [0.15, 0.2) is 23.3 Å². The van der Waals surface area contributed by atoms with Gasteiger partial charge in [0.1, 0.15) is 0 Å². The van der Waals surface area contributed by atoms with E-state index in [1.165, 1.54) is 0 Å². The van der Waals surface area contributed by atoms with Crippen LogP contribution in [0.2, 0.25) is 0 Å². The van der Waals surface area contributed by atoms with E-state index in [4.69, 9.17) is 24.7 Å². The average molecular weight is 681 g/mol. The highest BCUT2D eigenvalue weighted by atomic mass is 16.5. The number of aromatic nitrogens is 4. The van der Waals surface area contributed by atoms with Crippen LogP contribution < -0.4 is 20.4 Å². The summed E-state index contributed by atoms with van der Waals surface area (Å²) in [6.45, 7) is 2.58. The molecule has 0 spiro atoms. The molecule has 0 unspecified atom stereocenters. The molecule has 9 heteroatoms. The third-order valence-corrected chi connectivity index (χ3v) is 8.46. The van der Waals surface area contributed by atoms with Gasteiger partial charge in [-0.3, -0.25) is 9.80 Å². The van der Waals surface area contributed by atoms with Crippen LogP contribution in [0.15, 0.2) is 170 Å². The molecule has 0 bridgehead atoms. The average Bonchev–Trinajstić information content (AvgIpc) is 3.51. The van der Waals surface area contributed by atoms with Gasteiger partial charge in [-0.15, -0.1) is 0 Å². The normalized spacial score (nSPS) is 12.3. The summed E-state index contributed by atoms with van der Waals surface area (Å²) in [6.07, 6.45) is -0.360. The summed E-state index contributed by atoms with van der Waals surface area (Å²) in [6, 6.07) is 56.2. The van der Waals surface area contributed by atoms with Crippen molar-refractivity contribution >= 4 is 68.1 Å². The minimum absolute atomic E-state index is 0.360. The fourth-order valence-corrected chi connectivity index (χ4v) is 6.10. The zero-order valence-corrected chi connectivity index (χ0v) is 28.5. The first-order valence-corrected chi connectivity index (χ1v) is 17.2. The molecule has 52 heavy (non-hydrogen) atoms. The van der Waals surface area contributed by atoms with Crippen molar-refractivity contribution in [1.29, 1.82) is 0 Å². The fraction of sp³-hybridized carbons (Fsp3) is 0.0698. The van der Waals surface area contributed by atoms with E-state index in [9.17, 15) is 0 Å². The zero-order valence-electron chi connectivity index (χ0n) is 28.5. The summed E-state index contributed by atoms with van der Waals surface area (Å²) in [4.78, 5) is 23.6. The smallest absolute Gasteiger partial charge is 0.221 e. The minimum atomic E-state index is -0.360. The summed E-state index contributed by atoms with van der Waals surface area (Å²) in [7, 11) is 0. The quantitative estimate of drug-likeness (QED) is 0.163. The van der Waals surface area contributed by atoms with Crippen LogP contribution in [0.5, 0.6) is 0 Å². The second kappa shape index (κ2) is 15.0. The molecule has 254 valence electrons. The fourth-order valence-electron chi connectivity index (χ4n) is 6.10. The van der Waals surface area contributed by atoms with Crippen molar-refractivity contribution in [2.24, 2.45) is 0 Å². The topological polar surface area (TPSA) is 91.3 Å². The van der Waals surface area contributed by atoms with Crippen molar-refractivity contribution in [3.8, 4) is 0 Å². The molecule has 0 fully saturated rings. The molecule has 9 nitrogen and oxygen atoms in total. The van der Waals surface area contributed by atoms with E-state index in [0.29, 0.717) is 18.2 Å². The van der Waals surface area contributed by atoms with Crippen LogP contribution in [0, 0.1) is 0 Å². The molecule has 8 aromatic rings. The minimum Gasteiger partial charge on any atom is -0.340 e. The van der Waals surface area contributed by atoms with E-state index in [0.717, 1.165) is 56.5 Å². The molecule has 0 amide bonds. The van der Waals surface area contributed by atoms with Crippen LogP contribution >= 0.6 is 0 Å². The molecular formula is C43H36N8O. The molecule has 0 saturated heterocycles. The van der Waals surface area contributed by atoms with Crippen LogP contribution in [0.1, 0.15) is 6.92 Å². The number of hydrogen-bond donors (Lipinski definition) is 2. The SMILES string of the molecule is CCOC1N(c2ccccc2)c2nc3ccccc3nc2N1c1ccccc1.c1ccc(Nc2nc3ccccc3nc2Nc2ccccc2)cc1. The summed E-state index contributed by atoms with van der Waals surface area (Å²) in [5.41, 5.74) is 7.43. The van der Waals surface area contributed by atoms with Gasteiger partial charge in [0, 0.05) is 29.4 Å². The molecule has 6 aromatic carbocycles. The number of fused-ring (bicyclic) bond motifs is 3. The molecule has 2 N–H and O–H groups in total. The lowest BCUT2D eigenvalue weighted by atomic mass is 10.3. The van der Waals surface area contributed by atoms with Crippen molar-refractivity contribution in [2.45, 2.75) is 13.3 Å². The second-order valence-electron chi connectivity index (χ2n) is 11.9. The Labute approximate surface area is 302 Å². The van der Waals surface area contributed by atoms with E-state index in [-0.39, 0.29) is 6.35 Å². The van der Waals surface area contributed by atoms with Gasteiger partial charge in [-0.2, -0.15) is 0 Å². The highest BCUT2D eigenvalue weighted by molar-refractivity contribution is 5.89. The molecule has 0 saturated carbocycles. The van der Waals surface area contributed by atoms with Gasteiger partial charge >= 0.3 is 0 Å². The summed E-state index contributed by atoms with van der Waals surface area (Å²) < 4.78 is 6.22. The number of anilines is 8. The maximum absolute atomic E-state index is 6.22. The van der Waals surface area contributed by atoms with E-state index < -0.39 is 0 Å². The van der Waals surface area contributed by atoms with Crippen molar-refractivity contribution in [3.63, 3.8) is 0 Å². The first kappa shape index (κ1) is 32.4. The van der Waals surface area contributed by atoms with E-state index in [1.807, 2.05) is 153 Å². The van der Waals surface area contributed by atoms with Gasteiger partial charge in [0.2, 0.25) is 6.35 Å². The Morgan fingerprint density at radius 1 is 0.442 bits per heavy atom. The van der Waals surface area contributed by atoms with E-state index in [1.54, 1.807) is 0 Å². The predicted molar refractivity (Wildman–Crippen MR) is 211 cm³/mol. The Balaban J connectivity index is 0.000000151. The maximum Gasteiger partial charge on any atom is 0.221 e. The van der Waals surface area contributed by atoms with Gasteiger partial charge in [-0.25, -0.2) is 19.9 Å². The third kappa shape index (κ3) is 6.81. The molecule has 0 aliphatic carbocycles. The summed E-state index contributed by atoms with van der Waals surface area (Å²) in [5, 5.41) is 6.70. The van der Waals surface area contributed by atoms with Gasteiger partial charge < -0.3 is 15.4 Å². The lowest BCUT2D eigenvalue weighted by molar-refractivity contribution is 0.0767. The molecule has 0 radical (unpaired) electrons. The lowest BCUT2D eigenvalue weighted by Gasteiger charge is -2.31. The first-order valence-electron chi connectivity index (χ1n) is 17.2. The standard InChI is InChI=1S/C23H20N4O.C20H16N4/c1-2-28-23-26(17-11-5-3-6-12-17)21-22(27(23)18-13-7-4-8-14-18)25-20-16-10-9-15-19(20)24-21;1-3-9-15(10-4-1)21-19-20(22-16-11-5-2-6-12-16)24-18-14-8-7-13-17(18)23-19/h3-16,23H,2H2,1H3;1-14H,(H,21,23)(H,22,24). The van der Waals surface area contributed by atoms with Crippen molar-refractivity contribution < 1.29 is 4.74 Å². The molecule has 3 heterocycles. The molecule has 1 aliphatic heterocycles. The van der Waals surface area contributed by atoms with Crippen molar-refractivity contribution in [1.82, 2.24) is 19.9 Å². The molecule has 1 aliphatic rings. The van der Waals surface area contributed by atoms with Crippen LogP contribution in [0.25, 0.3) is 22.1 Å². The third-order valence-electron chi connectivity index (χ3n) is 8.46. The second-order valence-corrected chi connectivity index (χ2v) is 11.9. The lowest BCUT2D eigenvalue weighted by Crippen LogP contribution is -2.40. The van der Waals surface area contributed by atoms with Gasteiger partial charge in [-0.1, -0.05) is 97.1 Å². The monoisotopic (exact) mass is 680 g/mol. The zero-order chi connectivity index (χ0) is 35.1. The first-order chi connectivity index (χ1) is 25.7. The number of benzene rings is 6. The Morgan fingerprint density at radius 2 is 0.769 bits per heavy atom. The highest BCUT2D eigenvalue weighted by Crippen LogP contribution is 2.46. The van der Waals surface area contributed by atoms with Crippen LogP contribution in [0.3, 0.4) is 0 Å². The predicted octanol–water partition coefficient (Wildman–Crippen LogP) is 10.4. The highest BCUT2D eigenvalue weighted by Gasteiger charge is 2.41. The van der Waals surface area contributed by atoms with Gasteiger partial charge in [-0.05, 0) is 79.7 Å². The largest absolute Gasteiger partial charge is 0.340 e. The van der Waals surface area contributed by atoms with Crippen molar-refractivity contribution in [3.05, 3.63) is 170 Å². The number of hydrogen-bond acceptors (Lipinski definition) is 9. The van der Waals surface area contributed by atoms with E-state index >= 15 is 0 Å². The van der Waals surface area contributed by atoms with Gasteiger partial charge in [0.05, 0.1) is 22.1 Å². The number of para-hydroxylation sites is 8. The Bertz CT molecular complexity index is 2230. The maximum atomic E-state index is 6.22. The molecule has 0 atom stereocenters. The van der Waals surface area contributed by atoms with Crippen LogP contribution in [0.4, 0.5) is 46.0 Å². The van der Waals surface area contributed by atoms with Crippen molar-refractivity contribution in [2.75, 3.05) is 27.0 Å². The van der Waals surface area contributed by atoms with E-state index in [2.05, 4.69) is 44.7 Å². The summed E-state index contributed by atoms with van der Waals surface area (Å²) in [5.74, 6) is 2.99. The Morgan fingerprint density at radius 3 is 1.13 bits per heavy atom.